The monoisotopic (exact) mass is 264 g/mol. The van der Waals surface area contributed by atoms with E-state index in [9.17, 15) is 4.57 Å². The highest BCUT2D eigenvalue weighted by Crippen LogP contribution is 2.59. The lowest BCUT2D eigenvalue weighted by molar-refractivity contribution is 0.592. The SMILES string of the molecule is CCC(C)c1ccc(CP(=O)(Cl)Cl)cc1. The van der Waals surface area contributed by atoms with Crippen molar-refractivity contribution in [3.63, 3.8) is 0 Å². The Labute approximate surface area is 101 Å². The minimum absolute atomic E-state index is 0.247. The highest BCUT2D eigenvalue weighted by atomic mass is 35.9. The molecule has 1 atom stereocenters. The fraction of sp³-hybridized carbons (Fsp3) is 0.455. The van der Waals surface area contributed by atoms with Gasteiger partial charge in [-0.1, -0.05) is 38.1 Å². The Morgan fingerprint density at radius 1 is 1.27 bits per heavy atom. The van der Waals surface area contributed by atoms with Crippen LogP contribution in [0.3, 0.4) is 0 Å². The zero-order valence-corrected chi connectivity index (χ0v) is 11.3. The summed E-state index contributed by atoms with van der Waals surface area (Å²) in [7, 11) is 0. The zero-order chi connectivity index (χ0) is 11.5. The smallest absolute Gasteiger partial charge is 0.257 e. The summed E-state index contributed by atoms with van der Waals surface area (Å²) in [4.78, 5) is 0. The van der Waals surface area contributed by atoms with E-state index in [1.54, 1.807) is 0 Å². The van der Waals surface area contributed by atoms with Crippen LogP contribution in [-0.2, 0) is 10.7 Å². The van der Waals surface area contributed by atoms with Crippen molar-refractivity contribution < 1.29 is 4.57 Å². The van der Waals surface area contributed by atoms with Crippen molar-refractivity contribution in [2.24, 2.45) is 0 Å². The lowest BCUT2D eigenvalue weighted by Gasteiger charge is -2.09. The number of hydrogen-bond acceptors (Lipinski definition) is 1. The third-order valence-corrected chi connectivity index (χ3v) is 3.98. The maximum atomic E-state index is 11.2. The second-order valence-electron chi connectivity index (χ2n) is 3.78. The van der Waals surface area contributed by atoms with E-state index in [1.807, 2.05) is 24.3 Å². The van der Waals surface area contributed by atoms with E-state index in [4.69, 9.17) is 22.5 Å². The van der Waals surface area contributed by atoms with E-state index in [0.29, 0.717) is 5.92 Å². The van der Waals surface area contributed by atoms with Gasteiger partial charge in [0.15, 0.2) is 0 Å². The van der Waals surface area contributed by atoms with Gasteiger partial charge in [-0.15, -0.1) is 0 Å². The molecule has 1 nitrogen and oxygen atoms in total. The van der Waals surface area contributed by atoms with Crippen LogP contribution in [0.1, 0.15) is 37.3 Å². The van der Waals surface area contributed by atoms with Gasteiger partial charge in [-0.2, -0.15) is 0 Å². The van der Waals surface area contributed by atoms with E-state index >= 15 is 0 Å². The van der Waals surface area contributed by atoms with Gasteiger partial charge < -0.3 is 0 Å². The quantitative estimate of drug-likeness (QED) is 0.669. The number of rotatable bonds is 4. The summed E-state index contributed by atoms with van der Waals surface area (Å²) < 4.78 is 11.2. The molecule has 15 heavy (non-hydrogen) atoms. The first-order chi connectivity index (χ1) is 6.92. The molecule has 0 fully saturated rings. The van der Waals surface area contributed by atoms with Gasteiger partial charge in [0.2, 0.25) is 0 Å². The molecule has 0 aromatic heterocycles. The molecule has 84 valence electrons. The second kappa shape index (κ2) is 5.39. The van der Waals surface area contributed by atoms with Gasteiger partial charge in [-0.05, 0) is 45.9 Å². The average Bonchev–Trinajstić information content (AvgIpc) is 2.15. The molecule has 0 N–H and O–H groups in total. The maximum Gasteiger partial charge on any atom is 0.257 e. The summed E-state index contributed by atoms with van der Waals surface area (Å²) in [5.74, 6) is -2.44. The molecule has 0 heterocycles. The molecule has 0 spiro atoms. The molecule has 0 aliphatic carbocycles. The predicted octanol–water partition coefficient (Wildman–Crippen LogP) is 5.37. The summed E-state index contributed by atoms with van der Waals surface area (Å²) >= 11 is 11.0. The third-order valence-electron chi connectivity index (χ3n) is 2.53. The summed E-state index contributed by atoms with van der Waals surface area (Å²) in [5, 5.41) is 0. The minimum atomic E-state index is -2.99. The lowest BCUT2D eigenvalue weighted by atomic mass is 9.98. The average molecular weight is 265 g/mol. The lowest BCUT2D eigenvalue weighted by Crippen LogP contribution is -1.91. The summed E-state index contributed by atoms with van der Waals surface area (Å²) in [6, 6.07) is 7.98. The molecular formula is C11H15Cl2OP. The van der Waals surface area contributed by atoms with Crippen LogP contribution in [0, 0.1) is 0 Å². The van der Waals surface area contributed by atoms with Crippen LogP contribution in [0.2, 0.25) is 0 Å². The van der Waals surface area contributed by atoms with Crippen molar-refractivity contribution in [2.75, 3.05) is 0 Å². The Morgan fingerprint density at radius 3 is 2.20 bits per heavy atom. The van der Waals surface area contributed by atoms with Crippen LogP contribution in [-0.4, -0.2) is 0 Å². The largest absolute Gasteiger partial charge is 0.289 e. The Balaban J connectivity index is 2.77. The van der Waals surface area contributed by atoms with Crippen LogP contribution in [0.25, 0.3) is 0 Å². The summed E-state index contributed by atoms with van der Waals surface area (Å²) in [6.45, 7) is 4.34. The summed E-state index contributed by atoms with van der Waals surface area (Å²) in [5.41, 5.74) is 2.22. The zero-order valence-electron chi connectivity index (χ0n) is 8.91. The van der Waals surface area contributed by atoms with Crippen molar-refractivity contribution in [3.8, 4) is 0 Å². The maximum absolute atomic E-state index is 11.2. The fourth-order valence-electron chi connectivity index (χ4n) is 1.40. The van der Waals surface area contributed by atoms with Crippen LogP contribution >= 0.6 is 28.3 Å². The minimum Gasteiger partial charge on any atom is -0.289 e. The Morgan fingerprint density at radius 2 is 1.80 bits per heavy atom. The van der Waals surface area contributed by atoms with Crippen LogP contribution < -0.4 is 0 Å². The van der Waals surface area contributed by atoms with E-state index in [1.165, 1.54) is 5.56 Å². The molecule has 1 aromatic carbocycles. The Kier molecular flexibility index (Phi) is 4.70. The van der Waals surface area contributed by atoms with Gasteiger partial charge in [0.1, 0.15) is 0 Å². The van der Waals surface area contributed by atoms with Crippen molar-refractivity contribution >= 4 is 28.3 Å². The first-order valence-corrected chi connectivity index (χ1v) is 8.70. The number of hydrogen-bond donors (Lipinski definition) is 0. The second-order valence-corrected chi connectivity index (χ2v) is 9.03. The molecule has 0 saturated heterocycles. The Hall–Kier alpha value is 0.0300. The normalized spacial score (nSPS) is 13.9. The molecule has 0 amide bonds. The van der Waals surface area contributed by atoms with Crippen LogP contribution in [0.5, 0.6) is 0 Å². The number of benzene rings is 1. The van der Waals surface area contributed by atoms with Crippen LogP contribution in [0.4, 0.5) is 0 Å². The van der Waals surface area contributed by atoms with Crippen molar-refractivity contribution in [3.05, 3.63) is 35.4 Å². The molecule has 0 aliphatic rings. The van der Waals surface area contributed by atoms with Gasteiger partial charge in [0, 0.05) is 0 Å². The van der Waals surface area contributed by atoms with Gasteiger partial charge >= 0.3 is 0 Å². The van der Waals surface area contributed by atoms with Crippen LogP contribution in [0.15, 0.2) is 24.3 Å². The molecule has 1 unspecified atom stereocenters. The Bertz CT molecular complexity index is 355. The highest BCUT2D eigenvalue weighted by molar-refractivity contribution is 8.08. The van der Waals surface area contributed by atoms with Gasteiger partial charge in [-0.3, -0.25) is 4.57 Å². The van der Waals surface area contributed by atoms with E-state index in [0.717, 1.165) is 12.0 Å². The van der Waals surface area contributed by atoms with Gasteiger partial charge in [0.05, 0.1) is 6.16 Å². The number of halogens is 2. The first kappa shape index (κ1) is 13.1. The molecular weight excluding hydrogens is 250 g/mol. The molecule has 1 aromatic rings. The molecule has 0 saturated carbocycles. The van der Waals surface area contributed by atoms with Gasteiger partial charge in [-0.25, -0.2) is 0 Å². The highest BCUT2D eigenvalue weighted by Gasteiger charge is 2.14. The molecule has 1 rings (SSSR count). The van der Waals surface area contributed by atoms with E-state index in [2.05, 4.69) is 13.8 Å². The van der Waals surface area contributed by atoms with Crippen molar-refractivity contribution in [1.82, 2.24) is 0 Å². The fourth-order valence-corrected chi connectivity index (χ4v) is 2.86. The molecule has 0 radical (unpaired) electrons. The first-order valence-electron chi connectivity index (χ1n) is 4.99. The van der Waals surface area contributed by atoms with E-state index < -0.39 is 5.85 Å². The molecule has 0 bridgehead atoms. The predicted molar refractivity (Wildman–Crippen MR) is 68.2 cm³/mol. The van der Waals surface area contributed by atoms with Gasteiger partial charge in [0.25, 0.3) is 5.85 Å². The van der Waals surface area contributed by atoms with E-state index in [-0.39, 0.29) is 6.16 Å². The third kappa shape index (κ3) is 4.59. The molecule has 4 heteroatoms. The van der Waals surface area contributed by atoms with Crippen molar-refractivity contribution in [2.45, 2.75) is 32.3 Å². The van der Waals surface area contributed by atoms with Crippen molar-refractivity contribution in [1.29, 1.82) is 0 Å². The molecule has 0 aliphatic heterocycles. The summed E-state index contributed by atoms with van der Waals surface area (Å²) in [6.07, 6.45) is 1.36. The topological polar surface area (TPSA) is 17.1 Å². The standard InChI is InChI=1S/C11H15Cl2OP/c1-3-9(2)11-6-4-10(5-7-11)8-15(12,13)14/h4-7,9H,3,8H2,1-2H3.